The maximum absolute atomic E-state index is 13.4. The van der Waals surface area contributed by atoms with E-state index in [4.69, 9.17) is 38.7 Å². The standard InChI is InChI=1S/C27H18Cl2N2O2S/c1-33-18-10-7-15(8-11-18)20-14-22(16-5-3-2-4-6-16)31-27-23(20)24(30)26(34-27)25(32)19-12-9-17(28)13-21(19)29/h2-14H,30H2,1H3. The molecule has 0 aliphatic rings. The van der Waals surface area contributed by atoms with Gasteiger partial charge in [-0.3, -0.25) is 4.79 Å². The van der Waals surface area contributed by atoms with Crippen molar-refractivity contribution in [3.05, 3.63) is 99.3 Å². The molecule has 4 nitrogen and oxygen atoms in total. The van der Waals surface area contributed by atoms with Gasteiger partial charge < -0.3 is 10.5 Å². The molecule has 2 N–H and O–H groups in total. The van der Waals surface area contributed by atoms with E-state index in [1.165, 1.54) is 11.3 Å². The summed E-state index contributed by atoms with van der Waals surface area (Å²) in [4.78, 5) is 19.4. The van der Waals surface area contributed by atoms with Crippen molar-refractivity contribution in [1.29, 1.82) is 0 Å². The average Bonchev–Trinajstić information content (AvgIpc) is 3.20. The van der Waals surface area contributed by atoms with E-state index >= 15 is 0 Å². The second-order valence-electron chi connectivity index (χ2n) is 7.63. The smallest absolute Gasteiger partial charge is 0.206 e. The maximum Gasteiger partial charge on any atom is 0.206 e. The van der Waals surface area contributed by atoms with Crippen LogP contribution in [0.25, 0.3) is 32.6 Å². The number of carbonyl (C=O) groups is 1. The normalized spacial score (nSPS) is 11.0. The van der Waals surface area contributed by atoms with Gasteiger partial charge in [0, 0.05) is 21.5 Å². The molecule has 0 fully saturated rings. The van der Waals surface area contributed by atoms with Gasteiger partial charge in [0.2, 0.25) is 5.78 Å². The van der Waals surface area contributed by atoms with E-state index < -0.39 is 0 Å². The lowest BCUT2D eigenvalue weighted by molar-refractivity contribution is 0.104. The summed E-state index contributed by atoms with van der Waals surface area (Å²) in [5.41, 5.74) is 10.9. The van der Waals surface area contributed by atoms with Gasteiger partial charge in [0.05, 0.1) is 23.5 Å². The van der Waals surface area contributed by atoms with E-state index in [0.29, 0.717) is 26.0 Å². The van der Waals surface area contributed by atoms with Gasteiger partial charge in [0.1, 0.15) is 15.5 Å². The number of rotatable bonds is 5. The molecule has 0 amide bonds. The number of hydrogen-bond acceptors (Lipinski definition) is 5. The Balaban J connectivity index is 1.74. The fourth-order valence-corrected chi connectivity index (χ4v) is 5.41. The van der Waals surface area contributed by atoms with E-state index in [9.17, 15) is 4.79 Å². The highest BCUT2D eigenvalue weighted by molar-refractivity contribution is 7.21. The predicted octanol–water partition coefficient (Wildman–Crippen LogP) is 7.76. The molecule has 0 radical (unpaired) electrons. The highest BCUT2D eigenvalue weighted by Gasteiger charge is 2.24. The number of benzene rings is 3. The van der Waals surface area contributed by atoms with Crippen LogP contribution in [0.1, 0.15) is 15.2 Å². The highest BCUT2D eigenvalue weighted by Crippen LogP contribution is 2.42. The molecule has 0 aliphatic carbocycles. The fraction of sp³-hybridized carbons (Fsp3) is 0.0370. The van der Waals surface area contributed by atoms with Crippen LogP contribution in [0.2, 0.25) is 10.0 Å². The minimum Gasteiger partial charge on any atom is -0.497 e. The molecule has 168 valence electrons. The van der Waals surface area contributed by atoms with Crippen LogP contribution >= 0.6 is 34.5 Å². The van der Waals surface area contributed by atoms with E-state index in [-0.39, 0.29) is 10.8 Å². The molecule has 34 heavy (non-hydrogen) atoms. The molecule has 0 spiro atoms. The zero-order chi connectivity index (χ0) is 23.8. The van der Waals surface area contributed by atoms with E-state index in [1.54, 1.807) is 25.3 Å². The first-order valence-corrected chi connectivity index (χ1v) is 12.0. The van der Waals surface area contributed by atoms with E-state index in [1.807, 2.05) is 60.7 Å². The Morgan fingerprint density at radius 2 is 1.68 bits per heavy atom. The third kappa shape index (κ3) is 4.03. The number of thiophene rings is 1. The van der Waals surface area contributed by atoms with Gasteiger partial charge >= 0.3 is 0 Å². The summed E-state index contributed by atoms with van der Waals surface area (Å²) in [6, 6.07) is 24.4. The van der Waals surface area contributed by atoms with Crippen molar-refractivity contribution in [2.24, 2.45) is 0 Å². The lowest BCUT2D eigenvalue weighted by atomic mass is 9.98. The number of fused-ring (bicyclic) bond motifs is 1. The molecule has 3 aromatic carbocycles. The Labute approximate surface area is 210 Å². The maximum atomic E-state index is 13.4. The molecule has 5 rings (SSSR count). The van der Waals surface area contributed by atoms with Gasteiger partial charge in [-0.1, -0.05) is 65.7 Å². The van der Waals surface area contributed by atoms with Crippen molar-refractivity contribution in [3.8, 4) is 28.1 Å². The molecule has 2 heterocycles. The van der Waals surface area contributed by atoms with Crippen LogP contribution in [0.3, 0.4) is 0 Å². The predicted molar refractivity (Wildman–Crippen MR) is 141 cm³/mol. The largest absolute Gasteiger partial charge is 0.497 e. The fourth-order valence-electron chi connectivity index (χ4n) is 3.84. The van der Waals surface area contributed by atoms with Gasteiger partial charge in [0.15, 0.2) is 0 Å². The third-order valence-electron chi connectivity index (χ3n) is 5.55. The second kappa shape index (κ2) is 9.11. The number of aromatic nitrogens is 1. The highest BCUT2D eigenvalue weighted by atomic mass is 35.5. The van der Waals surface area contributed by atoms with Crippen molar-refractivity contribution >= 4 is 56.2 Å². The number of ketones is 1. The van der Waals surface area contributed by atoms with Crippen molar-refractivity contribution in [2.45, 2.75) is 0 Å². The molecule has 7 heteroatoms. The van der Waals surface area contributed by atoms with Crippen molar-refractivity contribution in [1.82, 2.24) is 4.98 Å². The van der Waals surface area contributed by atoms with Crippen LogP contribution in [0.5, 0.6) is 5.75 Å². The topological polar surface area (TPSA) is 65.2 Å². The van der Waals surface area contributed by atoms with Crippen LogP contribution in [-0.2, 0) is 0 Å². The molecule has 0 unspecified atom stereocenters. The number of nitrogens with two attached hydrogens (primary N) is 1. The molecule has 0 saturated heterocycles. The van der Waals surface area contributed by atoms with Crippen LogP contribution in [-0.4, -0.2) is 17.9 Å². The monoisotopic (exact) mass is 504 g/mol. The molecule has 2 aromatic heterocycles. The van der Waals surface area contributed by atoms with Crippen LogP contribution in [0.15, 0.2) is 78.9 Å². The quantitative estimate of drug-likeness (QED) is 0.248. The van der Waals surface area contributed by atoms with E-state index in [0.717, 1.165) is 33.5 Å². The number of carbonyl (C=O) groups excluding carboxylic acids is 1. The van der Waals surface area contributed by atoms with E-state index in [2.05, 4.69) is 0 Å². The first-order chi connectivity index (χ1) is 16.5. The molecule has 0 aliphatic heterocycles. The summed E-state index contributed by atoms with van der Waals surface area (Å²) in [7, 11) is 1.63. The summed E-state index contributed by atoms with van der Waals surface area (Å²) >= 11 is 13.6. The van der Waals surface area contributed by atoms with Gasteiger partial charge in [-0.2, -0.15) is 0 Å². The number of nitrogens with zero attached hydrogens (tertiary/aromatic N) is 1. The molecule has 0 atom stereocenters. The molecular weight excluding hydrogens is 487 g/mol. The summed E-state index contributed by atoms with van der Waals surface area (Å²) < 4.78 is 5.31. The Bertz CT molecular complexity index is 1530. The SMILES string of the molecule is COc1ccc(-c2cc(-c3ccccc3)nc3sc(C(=O)c4ccc(Cl)cc4Cl)c(N)c23)cc1. The van der Waals surface area contributed by atoms with Crippen LogP contribution in [0, 0.1) is 0 Å². The zero-order valence-corrected chi connectivity index (χ0v) is 20.3. The number of pyridine rings is 1. The first kappa shape index (κ1) is 22.4. The number of hydrogen-bond donors (Lipinski definition) is 1. The van der Waals surface area contributed by atoms with Crippen molar-refractivity contribution < 1.29 is 9.53 Å². The molecular formula is C27H18Cl2N2O2S. The second-order valence-corrected chi connectivity index (χ2v) is 9.47. The number of methoxy groups -OCH3 is 1. The number of nitrogen functional groups attached to an aromatic ring is 1. The van der Waals surface area contributed by atoms with Crippen LogP contribution < -0.4 is 10.5 Å². The number of anilines is 1. The van der Waals surface area contributed by atoms with Gasteiger partial charge in [-0.25, -0.2) is 4.98 Å². The minimum absolute atomic E-state index is 0.260. The van der Waals surface area contributed by atoms with Gasteiger partial charge in [-0.05, 0) is 47.5 Å². The van der Waals surface area contributed by atoms with Crippen LogP contribution in [0.4, 0.5) is 5.69 Å². The Kier molecular flexibility index (Phi) is 6.00. The van der Waals surface area contributed by atoms with Gasteiger partial charge in [0.25, 0.3) is 0 Å². The summed E-state index contributed by atoms with van der Waals surface area (Å²) in [5.74, 6) is 0.493. The summed E-state index contributed by atoms with van der Waals surface area (Å²) in [6.45, 7) is 0. The minimum atomic E-state index is -0.260. The summed E-state index contributed by atoms with van der Waals surface area (Å²) in [5, 5.41) is 1.48. The third-order valence-corrected chi connectivity index (χ3v) is 7.20. The number of halogens is 2. The van der Waals surface area contributed by atoms with Crippen molar-refractivity contribution in [3.63, 3.8) is 0 Å². The zero-order valence-electron chi connectivity index (χ0n) is 18.0. The molecule has 0 saturated carbocycles. The summed E-state index contributed by atoms with van der Waals surface area (Å²) in [6.07, 6.45) is 0. The Hall–Kier alpha value is -3.38. The van der Waals surface area contributed by atoms with Gasteiger partial charge in [-0.15, -0.1) is 11.3 Å². The number of ether oxygens (including phenoxy) is 1. The Morgan fingerprint density at radius 3 is 2.35 bits per heavy atom. The average molecular weight is 505 g/mol. The van der Waals surface area contributed by atoms with Crippen molar-refractivity contribution in [2.75, 3.05) is 12.8 Å². The molecule has 0 bridgehead atoms. The lowest BCUT2D eigenvalue weighted by Crippen LogP contribution is -2.03. The lowest BCUT2D eigenvalue weighted by Gasteiger charge is -2.10. The Morgan fingerprint density at radius 1 is 0.941 bits per heavy atom. The first-order valence-electron chi connectivity index (χ1n) is 10.4. The molecule has 5 aromatic rings.